The number of hydrogen-bond acceptors (Lipinski definition) is 4. The summed E-state index contributed by atoms with van der Waals surface area (Å²) in [6, 6.07) is 0. The van der Waals surface area contributed by atoms with Crippen LogP contribution in [0.15, 0.2) is 0 Å². The summed E-state index contributed by atoms with van der Waals surface area (Å²) in [5.74, 6) is 1.55. The summed E-state index contributed by atoms with van der Waals surface area (Å²) < 4.78 is 8.05. The van der Waals surface area contributed by atoms with Crippen LogP contribution in [0, 0.1) is 4.77 Å². The minimum absolute atomic E-state index is 0.500. The number of nitrogens with one attached hydrogen (secondary N) is 2. The molecule has 1 aromatic rings. The third kappa shape index (κ3) is 2.27. The first-order valence-electron chi connectivity index (χ1n) is 5.26. The Balaban J connectivity index is 2.06. The van der Waals surface area contributed by atoms with E-state index in [1.54, 1.807) is 0 Å². The summed E-state index contributed by atoms with van der Waals surface area (Å²) in [5, 5.41) is 10.3. The van der Waals surface area contributed by atoms with Gasteiger partial charge in [0.25, 0.3) is 0 Å². The topological polar surface area (TPSA) is 54.9 Å². The van der Waals surface area contributed by atoms with Gasteiger partial charge in [0.05, 0.1) is 13.2 Å². The van der Waals surface area contributed by atoms with Crippen LogP contribution >= 0.6 is 12.2 Å². The van der Waals surface area contributed by atoms with Crippen LogP contribution in [-0.2, 0) is 11.3 Å². The normalized spacial score (nSPS) is 16.6. The SMILES string of the molecule is CCOCCn1c(C2CNC2)n[nH]c1=S. The summed E-state index contributed by atoms with van der Waals surface area (Å²) in [7, 11) is 0. The number of ether oxygens (including phenoxy) is 1. The van der Waals surface area contributed by atoms with E-state index < -0.39 is 0 Å². The second kappa shape index (κ2) is 4.87. The monoisotopic (exact) mass is 228 g/mol. The van der Waals surface area contributed by atoms with Gasteiger partial charge in [0.2, 0.25) is 0 Å². The Morgan fingerprint density at radius 2 is 2.40 bits per heavy atom. The molecule has 1 aliphatic rings. The highest BCUT2D eigenvalue weighted by molar-refractivity contribution is 7.71. The van der Waals surface area contributed by atoms with E-state index >= 15 is 0 Å². The van der Waals surface area contributed by atoms with Gasteiger partial charge in [-0.05, 0) is 19.1 Å². The lowest BCUT2D eigenvalue weighted by molar-refractivity contribution is 0.137. The molecule has 1 saturated heterocycles. The predicted octanol–water partition coefficient (Wildman–Crippen LogP) is 0.664. The molecule has 0 saturated carbocycles. The fourth-order valence-electron chi connectivity index (χ4n) is 1.63. The van der Waals surface area contributed by atoms with E-state index in [2.05, 4.69) is 15.5 Å². The van der Waals surface area contributed by atoms with Gasteiger partial charge >= 0.3 is 0 Å². The molecule has 6 heteroatoms. The third-order valence-corrected chi connectivity index (χ3v) is 2.91. The molecule has 0 aliphatic carbocycles. The van der Waals surface area contributed by atoms with Crippen LogP contribution < -0.4 is 5.32 Å². The quantitative estimate of drug-likeness (QED) is 0.574. The van der Waals surface area contributed by atoms with Gasteiger partial charge in [0.15, 0.2) is 4.77 Å². The maximum Gasteiger partial charge on any atom is 0.195 e. The zero-order valence-electron chi connectivity index (χ0n) is 8.82. The van der Waals surface area contributed by atoms with Crippen molar-refractivity contribution in [2.24, 2.45) is 0 Å². The second-order valence-electron chi connectivity index (χ2n) is 3.59. The molecule has 15 heavy (non-hydrogen) atoms. The highest BCUT2D eigenvalue weighted by Gasteiger charge is 2.24. The molecule has 0 spiro atoms. The van der Waals surface area contributed by atoms with Crippen molar-refractivity contribution in [1.82, 2.24) is 20.1 Å². The molecule has 0 unspecified atom stereocenters. The highest BCUT2D eigenvalue weighted by Crippen LogP contribution is 2.17. The number of rotatable bonds is 5. The second-order valence-corrected chi connectivity index (χ2v) is 3.98. The smallest absolute Gasteiger partial charge is 0.195 e. The molecule has 0 bridgehead atoms. The van der Waals surface area contributed by atoms with E-state index in [0.717, 1.165) is 32.1 Å². The number of hydrogen-bond donors (Lipinski definition) is 2. The molecule has 5 nitrogen and oxygen atoms in total. The van der Waals surface area contributed by atoms with Gasteiger partial charge < -0.3 is 14.6 Å². The van der Waals surface area contributed by atoms with E-state index in [0.29, 0.717) is 17.3 Å². The molecule has 1 aromatic heterocycles. The van der Waals surface area contributed by atoms with Gasteiger partial charge in [-0.2, -0.15) is 5.10 Å². The molecule has 2 N–H and O–H groups in total. The largest absolute Gasteiger partial charge is 0.380 e. The Morgan fingerprint density at radius 1 is 1.60 bits per heavy atom. The summed E-state index contributed by atoms with van der Waals surface area (Å²) in [6.45, 7) is 6.20. The van der Waals surface area contributed by atoms with Crippen molar-refractivity contribution in [2.45, 2.75) is 19.4 Å². The average molecular weight is 228 g/mol. The molecule has 2 heterocycles. The Hall–Kier alpha value is -0.720. The van der Waals surface area contributed by atoms with Crippen molar-refractivity contribution in [3.8, 4) is 0 Å². The summed E-state index contributed by atoms with van der Waals surface area (Å²) in [4.78, 5) is 0. The molecule has 0 atom stereocenters. The van der Waals surface area contributed by atoms with Gasteiger partial charge in [-0.25, -0.2) is 0 Å². The number of nitrogens with zero attached hydrogens (tertiary/aromatic N) is 2. The number of aromatic nitrogens is 3. The Kier molecular flexibility index (Phi) is 3.50. The molecule has 0 aromatic carbocycles. The van der Waals surface area contributed by atoms with Crippen molar-refractivity contribution in [1.29, 1.82) is 0 Å². The molecule has 1 aliphatic heterocycles. The van der Waals surface area contributed by atoms with Crippen LogP contribution in [0.1, 0.15) is 18.7 Å². The van der Waals surface area contributed by atoms with Crippen molar-refractivity contribution in [3.05, 3.63) is 10.6 Å². The van der Waals surface area contributed by atoms with Crippen molar-refractivity contribution in [2.75, 3.05) is 26.3 Å². The summed E-state index contributed by atoms with van der Waals surface area (Å²) >= 11 is 5.18. The number of H-pyrrole nitrogens is 1. The maximum absolute atomic E-state index is 5.32. The van der Waals surface area contributed by atoms with E-state index in [-0.39, 0.29) is 0 Å². The molecule has 1 fully saturated rings. The average Bonchev–Trinajstić information content (AvgIpc) is 2.47. The summed E-state index contributed by atoms with van der Waals surface area (Å²) in [6.07, 6.45) is 0. The molecule has 2 rings (SSSR count). The van der Waals surface area contributed by atoms with Crippen LogP contribution in [0.2, 0.25) is 0 Å². The summed E-state index contributed by atoms with van der Waals surface area (Å²) in [5.41, 5.74) is 0. The van der Waals surface area contributed by atoms with Crippen LogP contribution in [-0.4, -0.2) is 41.1 Å². The van der Waals surface area contributed by atoms with Crippen LogP contribution in [0.4, 0.5) is 0 Å². The molecular formula is C9H16N4OS. The minimum Gasteiger partial charge on any atom is -0.380 e. The first kappa shape index (κ1) is 10.8. The standard InChI is InChI=1S/C9H16N4OS/c1-2-14-4-3-13-8(7-5-10-6-7)11-12-9(13)15/h7,10H,2-6H2,1H3,(H,12,15). The van der Waals surface area contributed by atoms with Crippen molar-refractivity contribution >= 4 is 12.2 Å². The van der Waals surface area contributed by atoms with Gasteiger partial charge in [-0.1, -0.05) is 0 Å². The van der Waals surface area contributed by atoms with Gasteiger partial charge in [0.1, 0.15) is 5.82 Å². The Bertz CT molecular complexity index is 368. The first-order valence-corrected chi connectivity index (χ1v) is 5.67. The van der Waals surface area contributed by atoms with Crippen LogP contribution in [0.25, 0.3) is 0 Å². The Morgan fingerprint density at radius 3 is 3.00 bits per heavy atom. The van der Waals surface area contributed by atoms with Gasteiger partial charge in [-0.3, -0.25) is 5.10 Å². The van der Waals surface area contributed by atoms with Crippen LogP contribution in [0.5, 0.6) is 0 Å². The molecule has 0 radical (unpaired) electrons. The zero-order chi connectivity index (χ0) is 10.7. The van der Waals surface area contributed by atoms with Crippen molar-refractivity contribution in [3.63, 3.8) is 0 Å². The predicted molar refractivity (Wildman–Crippen MR) is 59.5 cm³/mol. The molecule has 0 amide bonds. The maximum atomic E-state index is 5.32. The Labute approximate surface area is 93.8 Å². The van der Waals surface area contributed by atoms with Crippen LogP contribution in [0.3, 0.4) is 0 Å². The molecule has 84 valence electrons. The molecular weight excluding hydrogens is 212 g/mol. The fourth-order valence-corrected chi connectivity index (χ4v) is 1.86. The lowest BCUT2D eigenvalue weighted by Crippen LogP contribution is -2.41. The highest BCUT2D eigenvalue weighted by atomic mass is 32.1. The number of aromatic amines is 1. The minimum atomic E-state index is 0.500. The van der Waals surface area contributed by atoms with Gasteiger partial charge in [-0.15, -0.1) is 0 Å². The van der Waals surface area contributed by atoms with Crippen molar-refractivity contribution < 1.29 is 4.74 Å². The van der Waals surface area contributed by atoms with Gasteiger partial charge in [0, 0.05) is 25.6 Å². The fraction of sp³-hybridized carbons (Fsp3) is 0.778. The van der Waals surface area contributed by atoms with E-state index in [1.165, 1.54) is 0 Å². The zero-order valence-corrected chi connectivity index (χ0v) is 9.64. The first-order chi connectivity index (χ1) is 7.33. The van der Waals surface area contributed by atoms with E-state index in [1.807, 2.05) is 11.5 Å². The lowest BCUT2D eigenvalue weighted by atomic mass is 10.0. The third-order valence-electron chi connectivity index (χ3n) is 2.60. The van der Waals surface area contributed by atoms with E-state index in [4.69, 9.17) is 17.0 Å². The van der Waals surface area contributed by atoms with E-state index in [9.17, 15) is 0 Å². The lowest BCUT2D eigenvalue weighted by Gasteiger charge is -2.26.